The zero-order chi connectivity index (χ0) is 19.8. The van der Waals surface area contributed by atoms with E-state index in [-0.39, 0.29) is 5.91 Å². The van der Waals surface area contributed by atoms with Crippen molar-refractivity contribution < 1.29 is 9.53 Å². The van der Waals surface area contributed by atoms with E-state index >= 15 is 0 Å². The lowest BCUT2D eigenvalue weighted by Gasteiger charge is -2.06. The predicted octanol–water partition coefficient (Wildman–Crippen LogP) is 5.14. The third kappa shape index (κ3) is 5.07. The molecule has 0 heterocycles. The van der Waals surface area contributed by atoms with Gasteiger partial charge in [-0.3, -0.25) is 4.79 Å². The normalized spacial score (nSPS) is 11.2. The van der Waals surface area contributed by atoms with Crippen LogP contribution in [0.4, 0.5) is 5.69 Å². The fourth-order valence-corrected chi connectivity index (χ4v) is 2.84. The Morgan fingerprint density at radius 3 is 2.21 bits per heavy atom. The fraction of sp³-hybridized carbons (Fsp3) is 0.167. The lowest BCUT2D eigenvalue weighted by Crippen LogP contribution is -2.24. The van der Waals surface area contributed by atoms with Gasteiger partial charge in [-0.1, -0.05) is 55.8 Å². The summed E-state index contributed by atoms with van der Waals surface area (Å²) < 4.78 is 0.816. The van der Waals surface area contributed by atoms with Gasteiger partial charge in [0, 0.05) is 29.8 Å². The van der Waals surface area contributed by atoms with Gasteiger partial charge in [-0.2, -0.15) is 4.74 Å². The first-order valence-electron chi connectivity index (χ1n) is 9.52. The van der Waals surface area contributed by atoms with Crippen LogP contribution in [-0.4, -0.2) is 23.4 Å². The van der Waals surface area contributed by atoms with Crippen LogP contribution in [0.15, 0.2) is 78.9 Å². The van der Waals surface area contributed by atoms with Gasteiger partial charge in [-0.05, 0) is 41.8 Å². The van der Waals surface area contributed by atoms with Gasteiger partial charge in [0.2, 0.25) is 5.69 Å². The summed E-state index contributed by atoms with van der Waals surface area (Å²) in [7, 11) is 0. The maximum Gasteiger partial charge on any atom is 0.251 e. The molecule has 0 radical (unpaired) electrons. The Labute approximate surface area is 165 Å². The Morgan fingerprint density at radius 2 is 1.57 bits per heavy atom. The first kappa shape index (κ1) is 19.4. The zero-order valence-electron chi connectivity index (χ0n) is 16.0. The van der Waals surface area contributed by atoms with Crippen molar-refractivity contribution in [2.45, 2.75) is 19.8 Å². The molecule has 0 unspecified atom stereocenters. The Balaban J connectivity index is 1.68. The highest BCUT2D eigenvalue weighted by atomic mass is 16.5. The highest BCUT2D eigenvalue weighted by Crippen LogP contribution is 2.19. The van der Waals surface area contributed by atoms with Gasteiger partial charge in [-0.25, -0.2) is 0 Å². The minimum atomic E-state index is -0.113. The second-order valence-electron chi connectivity index (χ2n) is 6.60. The van der Waals surface area contributed by atoms with Gasteiger partial charge in [0.15, 0.2) is 6.21 Å². The summed E-state index contributed by atoms with van der Waals surface area (Å²) in [5.74, 6) is -0.113. The van der Waals surface area contributed by atoms with Crippen LogP contribution in [0, 0.1) is 5.21 Å². The molecule has 0 spiro atoms. The van der Waals surface area contributed by atoms with Gasteiger partial charge in [0.05, 0.1) is 0 Å². The van der Waals surface area contributed by atoms with E-state index in [9.17, 15) is 10.0 Å². The Morgan fingerprint density at radius 1 is 0.929 bits per heavy atom. The molecule has 0 aliphatic heterocycles. The molecule has 0 bridgehead atoms. The summed E-state index contributed by atoms with van der Waals surface area (Å²) in [6.07, 6.45) is 3.52. The van der Waals surface area contributed by atoms with E-state index in [2.05, 4.69) is 24.4 Å². The van der Waals surface area contributed by atoms with E-state index in [0.29, 0.717) is 17.8 Å². The lowest BCUT2D eigenvalue weighted by atomic mass is 10.0. The van der Waals surface area contributed by atoms with Crippen LogP contribution in [0.3, 0.4) is 0 Å². The second-order valence-corrected chi connectivity index (χ2v) is 6.60. The predicted molar refractivity (Wildman–Crippen MR) is 114 cm³/mol. The number of benzene rings is 3. The second kappa shape index (κ2) is 9.51. The van der Waals surface area contributed by atoms with Crippen molar-refractivity contribution in [2.24, 2.45) is 0 Å². The average molecular weight is 372 g/mol. The van der Waals surface area contributed by atoms with Crippen LogP contribution in [0.1, 0.15) is 35.7 Å². The molecule has 142 valence electrons. The standard InChI is InChI=1S/C24H24N2O2/c1-2-3-17-25-24(27)22-13-15-23(16-14-22)26(28)18-19-9-11-21(12-10-19)20-7-5-4-6-8-20/h4-16,18H,2-3,17H2,1H3,(H,25,27)/b26-18+. The lowest BCUT2D eigenvalue weighted by molar-refractivity contribution is -0.354. The third-order valence-electron chi connectivity index (χ3n) is 4.48. The van der Waals surface area contributed by atoms with Gasteiger partial charge in [0.1, 0.15) is 0 Å². The number of hydrogen-bond donors (Lipinski definition) is 1. The number of unbranched alkanes of at least 4 members (excludes halogenated alkanes) is 1. The SMILES string of the molecule is CCCCNC(=O)c1ccc(/[N+]([O-])=C\c2ccc(-c3ccccc3)cc2)cc1. The molecule has 1 amide bonds. The molecule has 4 nitrogen and oxygen atoms in total. The van der Waals surface area contributed by atoms with E-state index in [1.165, 1.54) is 6.21 Å². The topological polar surface area (TPSA) is 55.2 Å². The molecule has 0 atom stereocenters. The van der Waals surface area contributed by atoms with Crippen LogP contribution < -0.4 is 5.32 Å². The molecule has 3 rings (SSSR count). The van der Waals surface area contributed by atoms with Crippen molar-refractivity contribution in [3.05, 3.63) is 95.2 Å². The number of nitrogens with one attached hydrogen (secondary N) is 1. The molecule has 3 aromatic carbocycles. The summed E-state index contributed by atoms with van der Waals surface area (Å²) in [4.78, 5) is 12.0. The molecule has 4 heteroatoms. The smallest absolute Gasteiger partial charge is 0.251 e. The quantitative estimate of drug-likeness (QED) is 0.205. The van der Waals surface area contributed by atoms with E-state index in [1.807, 2.05) is 42.5 Å². The van der Waals surface area contributed by atoms with Crippen LogP contribution in [-0.2, 0) is 0 Å². The van der Waals surface area contributed by atoms with Crippen LogP contribution in [0.5, 0.6) is 0 Å². The number of rotatable bonds is 7. The van der Waals surface area contributed by atoms with E-state index in [4.69, 9.17) is 0 Å². The number of hydrogen-bond acceptors (Lipinski definition) is 2. The molecule has 0 aromatic heterocycles. The highest BCUT2D eigenvalue weighted by molar-refractivity contribution is 5.94. The van der Waals surface area contributed by atoms with Crippen molar-refractivity contribution in [1.82, 2.24) is 5.32 Å². The van der Waals surface area contributed by atoms with Gasteiger partial charge >= 0.3 is 0 Å². The average Bonchev–Trinajstić information content (AvgIpc) is 2.75. The summed E-state index contributed by atoms with van der Waals surface area (Å²) in [6.45, 7) is 2.74. The molecule has 3 aromatic rings. The molecule has 0 aliphatic carbocycles. The summed E-state index contributed by atoms with van der Waals surface area (Å²) in [5, 5.41) is 15.3. The Hall–Kier alpha value is -3.40. The first-order chi connectivity index (χ1) is 13.7. The van der Waals surface area contributed by atoms with Gasteiger partial charge in [-0.15, -0.1) is 0 Å². The van der Waals surface area contributed by atoms with Gasteiger partial charge < -0.3 is 10.5 Å². The number of nitrogens with zero attached hydrogens (tertiary/aromatic N) is 1. The van der Waals surface area contributed by atoms with Crippen molar-refractivity contribution in [2.75, 3.05) is 6.54 Å². The first-order valence-corrected chi connectivity index (χ1v) is 9.52. The third-order valence-corrected chi connectivity index (χ3v) is 4.48. The zero-order valence-corrected chi connectivity index (χ0v) is 16.0. The molecule has 0 saturated heterocycles. The summed E-state index contributed by atoms with van der Waals surface area (Å²) in [6, 6.07) is 24.6. The highest BCUT2D eigenvalue weighted by Gasteiger charge is 2.08. The molecule has 28 heavy (non-hydrogen) atoms. The monoisotopic (exact) mass is 372 g/mol. The van der Waals surface area contributed by atoms with E-state index in [0.717, 1.165) is 34.3 Å². The van der Waals surface area contributed by atoms with Crippen molar-refractivity contribution >= 4 is 17.8 Å². The maximum atomic E-state index is 12.4. The van der Waals surface area contributed by atoms with E-state index < -0.39 is 0 Å². The number of amides is 1. The van der Waals surface area contributed by atoms with Crippen LogP contribution >= 0.6 is 0 Å². The van der Waals surface area contributed by atoms with Crippen LogP contribution in [0.25, 0.3) is 11.1 Å². The molecule has 0 fully saturated rings. The van der Waals surface area contributed by atoms with E-state index in [1.54, 1.807) is 24.3 Å². The molecule has 0 aliphatic rings. The molecular formula is C24H24N2O2. The molecule has 1 N–H and O–H groups in total. The number of carbonyl (C=O) groups excluding carboxylic acids is 1. The maximum absolute atomic E-state index is 12.4. The Kier molecular flexibility index (Phi) is 6.58. The summed E-state index contributed by atoms with van der Waals surface area (Å²) in [5.41, 5.74) is 4.10. The van der Waals surface area contributed by atoms with Crippen molar-refractivity contribution in [1.29, 1.82) is 0 Å². The molecule has 0 saturated carbocycles. The summed E-state index contributed by atoms with van der Waals surface area (Å²) >= 11 is 0. The van der Waals surface area contributed by atoms with Crippen LogP contribution in [0.2, 0.25) is 0 Å². The van der Waals surface area contributed by atoms with Crippen molar-refractivity contribution in [3.8, 4) is 11.1 Å². The fourth-order valence-electron chi connectivity index (χ4n) is 2.84. The largest absolute Gasteiger partial charge is 0.618 e. The Bertz CT molecular complexity index is 931. The van der Waals surface area contributed by atoms with Crippen molar-refractivity contribution in [3.63, 3.8) is 0 Å². The molecular weight excluding hydrogens is 348 g/mol. The minimum absolute atomic E-state index is 0.113. The minimum Gasteiger partial charge on any atom is -0.618 e. The van der Waals surface area contributed by atoms with Gasteiger partial charge in [0.25, 0.3) is 5.91 Å². The number of carbonyl (C=O) groups is 1.